The fourth-order valence-electron chi connectivity index (χ4n) is 8.80. The number of hydrogen-bond acceptors (Lipinski definition) is 1. The Labute approximate surface area is 338 Å². The van der Waals surface area contributed by atoms with E-state index in [0.29, 0.717) is 0 Å². The molecule has 0 aliphatic rings. The van der Waals surface area contributed by atoms with Gasteiger partial charge in [0, 0.05) is 33.5 Å². The Morgan fingerprint density at radius 1 is 0.276 bits per heavy atom. The highest BCUT2D eigenvalue weighted by atomic mass is 15.1. The van der Waals surface area contributed by atoms with E-state index in [0.717, 1.165) is 28.3 Å². The molecule has 11 aromatic rings. The van der Waals surface area contributed by atoms with Crippen molar-refractivity contribution in [1.82, 2.24) is 4.57 Å². The molecule has 11 rings (SSSR count). The van der Waals surface area contributed by atoms with E-state index in [2.05, 4.69) is 240 Å². The van der Waals surface area contributed by atoms with Crippen LogP contribution in [0.15, 0.2) is 231 Å². The molecule has 0 spiro atoms. The van der Waals surface area contributed by atoms with Crippen LogP contribution in [-0.2, 0) is 0 Å². The van der Waals surface area contributed by atoms with Crippen molar-refractivity contribution in [2.45, 2.75) is 0 Å². The van der Waals surface area contributed by atoms with Gasteiger partial charge in [0.2, 0.25) is 0 Å². The van der Waals surface area contributed by atoms with E-state index in [1.807, 2.05) is 0 Å². The molecule has 0 aliphatic heterocycles. The van der Waals surface area contributed by atoms with Crippen LogP contribution in [0.4, 0.5) is 17.1 Å². The van der Waals surface area contributed by atoms with Crippen LogP contribution in [0.3, 0.4) is 0 Å². The molecule has 58 heavy (non-hydrogen) atoms. The smallest absolute Gasteiger partial charge is 0.0541 e. The summed E-state index contributed by atoms with van der Waals surface area (Å²) in [4.78, 5) is 2.39. The number of aromatic nitrogens is 1. The van der Waals surface area contributed by atoms with E-state index >= 15 is 0 Å². The highest BCUT2D eigenvalue weighted by Crippen LogP contribution is 2.42. The van der Waals surface area contributed by atoms with Crippen molar-refractivity contribution in [3.05, 3.63) is 231 Å². The summed E-state index contributed by atoms with van der Waals surface area (Å²) in [6, 6.07) is 83.8. The maximum absolute atomic E-state index is 2.40. The van der Waals surface area contributed by atoms with Gasteiger partial charge in [0.25, 0.3) is 0 Å². The van der Waals surface area contributed by atoms with Gasteiger partial charge in [-0.1, -0.05) is 170 Å². The Morgan fingerprint density at radius 3 is 1.53 bits per heavy atom. The fourth-order valence-corrected chi connectivity index (χ4v) is 8.80. The van der Waals surface area contributed by atoms with Crippen molar-refractivity contribution in [2.24, 2.45) is 0 Å². The Kier molecular flexibility index (Phi) is 8.19. The first-order valence-corrected chi connectivity index (χ1v) is 19.9. The van der Waals surface area contributed by atoms with Crippen LogP contribution in [0.2, 0.25) is 0 Å². The molecule has 0 N–H and O–H groups in total. The van der Waals surface area contributed by atoms with E-state index in [1.165, 1.54) is 71.2 Å². The number of hydrogen-bond donors (Lipinski definition) is 0. The first-order chi connectivity index (χ1) is 28.8. The molecule has 0 radical (unpaired) electrons. The molecule has 0 amide bonds. The molecule has 0 saturated carbocycles. The molecule has 0 unspecified atom stereocenters. The zero-order valence-corrected chi connectivity index (χ0v) is 31.8. The number of rotatable bonds is 7. The van der Waals surface area contributed by atoms with Gasteiger partial charge in [-0.3, -0.25) is 0 Å². The molecule has 0 fully saturated rings. The van der Waals surface area contributed by atoms with Gasteiger partial charge < -0.3 is 9.47 Å². The zero-order chi connectivity index (χ0) is 38.4. The van der Waals surface area contributed by atoms with Crippen LogP contribution in [0.5, 0.6) is 0 Å². The van der Waals surface area contributed by atoms with E-state index in [4.69, 9.17) is 0 Å². The maximum atomic E-state index is 2.40. The van der Waals surface area contributed by atoms with Crippen LogP contribution in [-0.4, -0.2) is 4.57 Å². The number of para-hydroxylation sites is 2. The SMILES string of the molecule is c1ccc(-c2cccc(N(c3ccc(-c4cc(-n5c6ccccc6c6ccccc65)ccc4-c4ccccc4)cc3)c3ccc4ccc5ccccc5c4c3)c2)cc1. The highest BCUT2D eigenvalue weighted by molar-refractivity contribution is 6.10. The lowest BCUT2D eigenvalue weighted by molar-refractivity contribution is 1.18. The highest BCUT2D eigenvalue weighted by Gasteiger charge is 2.18. The maximum Gasteiger partial charge on any atom is 0.0541 e. The Morgan fingerprint density at radius 2 is 0.810 bits per heavy atom. The zero-order valence-electron chi connectivity index (χ0n) is 31.8. The van der Waals surface area contributed by atoms with Gasteiger partial charge in [0.15, 0.2) is 0 Å². The third kappa shape index (κ3) is 5.82. The lowest BCUT2D eigenvalue weighted by Crippen LogP contribution is -2.10. The summed E-state index contributed by atoms with van der Waals surface area (Å²) >= 11 is 0. The van der Waals surface area contributed by atoms with E-state index in [9.17, 15) is 0 Å². The molecule has 2 nitrogen and oxygen atoms in total. The molecular formula is C56H38N2. The number of benzene rings is 10. The average Bonchev–Trinajstić information content (AvgIpc) is 3.64. The summed E-state index contributed by atoms with van der Waals surface area (Å²) in [6.45, 7) is 0. The average molecular weight is 739 g/mol. The van der Waals surface area contributed by atoms with Crippen molar-refractivity contribution in [3.63, 3.8) is 0 Å². The van der Waals surface area contributed by atoms with Crippen LogP contribution in [0.1, 0.15) is 0 Å². The summed E-state index contributed by atoms with van der Waals surface area (Å²) in [5.74, 6) is 0. The molecule has 0 saturated heterocycles. The molecule has 0 bridgehead atoms. The van der Waals surface area contributed by atoms with Crippen LogP contribution < -0.4 is 4.90 Å². The van der Waals surface area contributed by atoms with Crippen molar-refractivity contribution in [3.8, 4) is 39.1 Å². The molecule has 1 aromatic heterocycles. The second-order valence-electron chi connectivity index (χ2n) is 15.0. The van der Waals surface area contributed by atoms with Crippen LogP contribution in [0.25, 0.3) is 82.4 Å². The second kappa shape index (κ2) is 14.1. The number of anilines is 3. The van der Waals surface area contributed by atoms with Gasteiger partial charge in [-0.05, 0) is 116 Å². The minimum absolute atomic E-state index is 1.09. The lowest BCUT2D eigenvalue weighted by atomic mass is 9.93. The summed E-state index contributed by atoms with van der Waals surface area (Å²) in [5.41, 5.74) is 14.0. The van der Waals surface area contributed by atoms with Gasteiger partial charge >= 0.3 is 0 Å². The predicted molar refractivity (Wildman–Crippen MR) is 247 cm³/mol. The van der Waals surface area contributed by atoms with Gasteiger partial charge in [0.1, 0.15) is 0 Å². The van der Waals surface area contributed by atoms with Crippen LogP contribution >= 0.6 is 0 Å². The molecular weight excluding hydrogens is 701 g/mol. The van der Waals surface area contributed by atoms with Gasteiger partial charge in [0.05, 0.1) is 11.0 Å². The predicted octanol–water partition coefficient (Wildman–Crippen LogP) is 15.6. The third-order valence-corrected chi connectivity index (χ3v) is 11.6. The summed E-state index contributed by atoms with van der Waals surface area (Å²) < 4.78 is 2.40. The minimum atomic E-state index is 1.09. The van der Waals surface area contributed by atoms with Gasteiger partial charge in [-0.15, -0.1) is 0 Å². The Bertz CT molecular complexity index is 3220. The first kappa shape index (κ1) is 33.6. The molecule has 0 aliphatic carbocycles. The molecule has 1 heterocycles. The molecule has 2 heteroatoms. The normalized spacial score (nSPS) is 11.4. The fraction of sp³-hybridized carbons (Fsp3) is 0. The lowest BCUT2D eigenvalue weighted by Gasteiger charge is -2.27. The Balaban J connectivity index is 1.08. The van der Waals surface area contributed by atoms with Gasteiger partial charge in [-0.2, -0.15) is 0 Å². The summed E-state index contributed by atoms with van der Waals surface area (Å²) in [5, 5.41) is 7.49. The van der Waals surface area contributed by atoms with E-state index in [1.54, 1.807) is 0 Å². The standard InChI is InChI=1S/C56H38N2/c1-3-14-39(15-4-1)44-19-13-20-46(36-44)57(47-33-30-42-27-26-41-18-7-8-21-49(41)53(42)37-47)45-31-28-43(29-32-45)54-38-48(34-35-50(54)40-16-5-2-6-17-40)58-55-24-11-9-22-51(55)52-23-10-12-25-56(52)58/h1-38H. The van der Waals surface area contributed by atoms with Crippen molar-refractivity contribution >= 4 is 60.4 Å². The third-order valence-electron chi connectivity index (χ3n) is 11.6. The van der Waals surface area contributed by atoms with E-state index in [-0.39, 0.29) is 0 Å². The molecule has 272 valence electrons. The van der Waals surface area contributed by atoms with E-state index < -0.39 is 0 Å². The molecule has 10 aromatic carbocycles. The largest absolute Gasteiger partial charge is 0.310 e. The summed E-state index contributed by atoms with van der Waals surface area (Å²) in [6.07, 6.45) is 0. The topological polar surface area (TPSA) is 8.17 Å². The van der Waals surface area contributed by atoms with Crippen molar-refractivity contribution < 1.29 is 0 Å². The second-order valence-corrected chi connectivity index (χ2v) is 15.0. The quantitative estimate of drug-likeness (QED) is 0.148. The Hall–Kier alpha value is -7.68. The summed E-state index contributed by atoms with van der Waals surface area (Å²) in [7, 11) is 0. The first-order valence-electron chi connectivity index (χ1n) is 19.9. The molecule has 0 atom stereocenters. The number of nitrogens with zero attached hydrogens (tertiary/aromatic N) is 2. The van der Waals surface area contributed by atoms with Crippen molar-refractivity contribution in [2.75, 3.05) is 4.90 Å². The van der Waals surface area contributed by atoms with Gasteiger partial charge in [-0.25, -0.2) is 0 Å². The van der Waals surface area contributed by atoms with Crippen molar-refractivity contribution in [1.29, 1.82) is 0 Å². The minimum Gasteiger partial charge on any atom is -0.310 e. The monoisotopic (exact) mass is 738 g/mol. The van der Waals surface area contributed by atoms with Crippen LogP contribution in [0, 0.1) is 0 Å². The number of fused-ring (bicyclic) bond motifs is 6.